The lowest BCUT2D eigenvalue weighted by molar-refractivity contribution is -0.119. The van der Waals surface area contributed by atoms with Crippen LogP contribution in [0.25, 0.3) is 0 Å². The number of hydrogen-bond acceptors (Lipinski definition) is 6. The number of amides is 2. The van der Waals surface area contributed by atoms with Gasteiger partial charge in [0.05, 0.1) is 11.3 Å². The van der Waals surface area contributed by atoms with Crippen molar-refractivity contribution < 1.29 is 18.0 Å². The summed E-state index contributed by atoms with van der Waals surface area (Å²) in [4.78, 5) is 31.4. The Balaban J connectivity index is 1.46. The van der Waals surface area contributed by atoms with E-state index in [1.165, 1.54) is 6.26 Å². The second-order valence-corrected chi connectivity index (χ2v) is 14.5. The van der Waals surface area contributed by atoms with Crippen molar-refractivity contribution in [2.24, 2.45) is 0 Å². The van der Waals surface area contributed by atoms with Gasteiger partial charge in [-0.1, -0.05) is 57.3 Å². The van der Waals surface area contributed by atoms with Gasteiger partial charge in [0, 0.05) is 76.9 Å². The molecular formula is C29H29BrCl2N4O4S. The summed E-state index contributed by atoms with van der Waals surface area (Å²) in [5.74, 6) is -0.353. The molecule has 2 amide bonds. The van der Waals surface area contributed by atoms with Crippen molar-refractivity contribution in [3.63, 3.8) is 0 Å². The van der Waals surface area contributed by atoms with Gasteiger partial charge < -0.3 is 15.5 Å². The van der Waals surface area contributed by atoms with Gasteiger partial charge in [-0.2, -0.15) is 0 Å². The number of sulfone groups is 1. The quantitative estimate of drug-likeness (QED) is 0.346. The predicted molar refractivity (Wildman–Crippen MR) is 167 cm³/mol. The van der Waals surface area contributed by atoms with E-state index in [4.69, 9.17) is 23.2 Å². The summed E-state index contributed by atoms with van der Waals surface area (Å²) >= 11 is 16.1. The summed E-state index contributed by atoms with van der Waals surface area (Å²) in [6.07, 6.45) is 1.50. The Hall–Kier alpha value is -2.63. The number of halogens is 3. The first-order valence-electron chi connectivity index (χ1n) is 13.1. The summed E-state index contributed by atoms with van der Waals surface area (Å²) < 4.78 is 23.9. The van der Waals surface area contributed by atoms with Gasteiger partial charge in [0.2, 0.25) is 0 Å². The Labute approximate surface area is 258 Å². The fourth-order valence-corrected chi connectivity index (χ4v) is 6.65. The second kappa shape index (κ2) is 11.9. The van der Waals surface area contributed by atoms with Crippen molar-refractivity contribution in [3.8, 4) is 0 Å². The van der Waals surface area contributed by atoms with Crippen molar-refractivity contribution in [1.82, 2.24) is 9.80 Å². The molecule has 0 aliphatic carbocycles. The van der Waals surface area contributed by atoms with E-state index < -0.39 is 15.4 Å². The van der Waals surface area contributed by atoms with Crippen LogP contribution in [-0.4, -0.2) is 74.8 Å². The first-order chi connectivity index (χ1) is 19.4. The SMILES string of the molecule is CS(=O)(=O)CCN1CCN(C(=O)c2ccc(Br)cc2NC2(Cc3cccc(Cl)c3)C(=O)Nc3cc(Cl)ccc32)CC1. The summed E-state index contributed by atoms with van der Waals surface area (Å²) in [6, 6.07) is 18.0. The average Bonchev–Trinajstić information content (AvgIpc) is 3.16. The van der Waals surface area contributed by atoms with Crippen molar-refractivity contribution >= 4 is 72.2 Å². The molecule has 3 aromatic rings. The number of nitrogens with zero attached hydrogens (tertiary/aromatic N) is 2. The summed E-state index contributed by atoms with van der Waals surface area (Å²) in [6.45, 7) is 2.53. The monoisotopic (exact) mass is 678 g/mol. The highest BCUT2D eigenvalue weighted by molar-refractivity contribution is 9.10. The molecule has 2 N–H and O–H groups in total. The topological polar surface area (TPSA) is 98.8 Å². The molecule has 0 spiro atoms. The largest absolute Gasteiger partial charge is 0.367 e. The lowest BCUT2D eigenvalue weighted by atomic mass is 9.84. The molecule has 5 rings (SSSR count). The molecule has 2 aliphatic rings. The Morgan fingerprint density at radius 1 is 1.02 bits per heavy atom. The van der Waals surface area contributed by atoms with Gasteiger partial charge in [0.15, 0.2) is 0 Å². The Morgan fingerprint density at radius 3 is 2.46 bits per heavy atom. The number of anilines is 2. The molecule has 12 heteroatoms. The van der Waals surface area contributed by atoms with E-state index in [1.807, 2.05) is 24.3 Å². The molecule has 3 aromatic carbocycles. The van der Waals surface area contributed by atoms with Crippen LogP contribution in [0.1, 0.15) is 21.5 Å². The van der Waals surface area contributed by atoms with Crippen LogP contribution < -0.4 is 10.6 Å². The number of nitrogens with one attached hydrogen (secondary N) is 2. The van der Waals surface area contributed by atoms with Crippen molar-refractivity contribution in [2.75, 3.05) is 55.4 Å². The smallest absolute Gasteiger partial charge is 0.256 e. The molecule has 41 heavy (non-hydrogen) atoms. The minimum absolute atomic E-state index is 0.0885. The maximum atomic E-state index is 13.8. The third-order valence-corrected chi connectivity index (χ3v) is 9.32. The van der Waals surface area contributed by atoms with Crippen LogP contribution in [0.15, 0.2) is 65.1 Å². The predicted octanol–water partition coefficient (Wildman–Crippen LogP) is 5.06. The maximum absolute atomic E-state index is 13.8. The molecule has 0 aromatic heterocycles. The fourth-order valence-electron chi connectivity index (χ4n) is 5.32. The molecule has 1 fully saturated rings. The van der Waals surface area contributed by atoms with Crippen LogP contribution in [0.4, 0.5) is 11.4 Å². The zero-order valence-electron chi connectivity index (χ0n) is 22.3. The lowest BCUT2D eigenvalue weighted by Crippen LogP contribution is -2.50. The maximum Gasteiger partial charge on any atom is 0.256 e. The number of fused-ring (bicyclic) bond motifs is 1. The normalized spacial score (nSPS) is 19.1. The van der Waals surface area contributed by atoms with E-state index >= 15 is 0 Å². The number of carbonyl (C=O) groups excluding carboxylic acids is 2. The van der Waals surface area contributed by atoms with E-state index in [0.717, 1.165) is 10.0 Å². The molecule has 8 nitrogen and oxygen atoms in total. The van der Waals surface area contributed by atoms with Gasteiger partial charge in [-0.25, -0.2) is 8.42 Å². The fraction of sp³-hybridized carbons (Fsp3) is 0.310. The lowest BCUT2D eigenvalue weighted by Gasteiger charge is -2.36. The number of hydrogen-bond donors (Lipinski definition) is 2. The van der Waals surface area contributed by atoms with Crippen LogP contribution in [0.3, 0.4) is 0 Å². The third kappa shape index (κ3) is 6.73. The van der Waals surface area contributed by atoms with Gasteiger partial charge in [-0.3, -0.25) is 14.5 Å². The number of carbonyl (C=O) groups is 2. The molecule has 1 atom stereocenters. The molecule has 0 bridgehead atoms. The molecule has 0 radical (unpaired) electrons. The number of piperazine rings is 1. The summed E-state index contributed by atoms with van der Waals surface area (Å²) in [7, 11) is -3.06. The van der Waals surface area contributed by atoms with Crippen molar-refractivity contribution in [2.45, 2.75) is 12.0 Å². The highest BCUT2D eigenvalue weighted by Gasteiger charge is 2.47. The molecule has 216 valence electrons. The Bertz CT molecular complexity index is 1610. The standard InChI is InChI=1S/C29H29BrCl2N4O4S/c1-41(39,40)14-13-35-9-11-36(12-10-35)27(37)23-7-5-20(30)16-25(23)34-29(18-19-3-2-4-21(31)15-19)24-8-6-22(32)17-26(24)33-28(29)38/h2-8,15-17,34H,9-14,18H2,1H3,(H,33,38). The van der Waals surface area contributed by atoms with E-state index in [-0.39, 0.29) is 24.0 Å². The van der Waals surface area contributed by atoms with Gasteiger partial charge in [-0.05, 0) is 48.0 Å². The van der Waals surface area contributed by atoms with E-state index in [0.29, 0.717) is 65.3 Å². The molecule has 2 heterocycles. The molecule has 0 saturated carbocycles. The highest BCUT2D eigenvalue weighted by atomic mass is 79.9. The van der Waals surface area contributed by atoms with Crippen LogP contribution in [0, 0.1) is 0 Å². The van der Waals surface area contributed by atoms with E-state index in [9.17, 15) is 18.0 Å². The minimum atomic E-state index is -3.06. The van der Waals surface area contributed by atoms with Gasteiger partial charge in [-0.15, -0.1) is 0 Å². The van der Waals surface area contributed by atoms with Gasteiger partial charge in [0.1, 0.15) is 15.4 Å². The second-order valence-electron chi connectivity index (χ2n) is 10.4. The number of rotatable bonds is 8. The van der Waals surface area contributed by atoms with E-state index in [1.54, 1.807) is 41.3 Å². The van der Waals surface area contributed by atoms with Gasteiger partial charge >= 0.3 is 0 Å². The molecular weight excluding hydrogens is 651 g/mol. The summed E-state index contributed by atoms with van der Waals surface area (Å²) in [5.41, 5.74) is 1.85. The Kier molecular flexibility index (Phi) is 8.69. The van der Waals surface area contributed by atoms with Crippen molar-refractivity contribution in [1.29, 1.82) is 0 Å². The number of benzene rings is 3. The first-order valence-corrected chi connectivity index (χ1v) is 16.7. The van der Waals surface area contributed by atoms with Crippen molar-refractivity contribution in [3.05, 3.63) is 91.9 Å². The zero-order chi connectivity index (χ0) is 29.4. The van der Waals surface area contributed by atoms with Crippen LogP contribution in [0.5, 0.6) is 0 Å². The zero-order valence-corrected chi connectivity index (χ0v) is 26.2. The molecule has 1 saturated heterocycles. The minimum Gasteiger partial charge on any atom is -0.367 e. The summed E-state index contributed by atoms with van der Waals surface area (Å²) in [5, 5.41) is 7.49. The van der Waals surface area contributed by atoms with Crippen LogP contribution in [0.2, 0.25) is 10.0 Å². The molecule has 2 aliphatic heterocycles. The van der Waals surface area contributed by atoms with Gasteiger partial charge in [0.25, 0.3) is 11.8 Å². The van der Waals surface area contributed by atoms with Crippen LogP contribution >= 0.6 is 39.1 Å². The Morgan fingerprint density at radius 2 is 1.76 bits per heavy atom. The molecule has 1 unspecified atom stereocenters. The highest BCUT2D eigenvalue weighted by Crippen LogP contribution is 2.43. The average molecular weight is 680 g/mol. The van der Waals surface area contributed by atoms with E-state index in [2.05, 4.69) is 31.5 Å². The first kappa shape index (κ1) is 29.8. The third-order valence-electron chi connectivity index (χ3n) is 7.43. The van der Waals surface area contributed by atoms with Crippen LogP contribution in [-0.2, 0) is 26.6 Å².